The lowest BCUT2D eigenvalue weighted by molar-refractivity contribution is -0.140. The molecule has 3 aromatic rings. The van der Waals surface area contributed by atoms with Gasteiger partial charge in [-0.15, -0.1) is 0 Å². The van der Waals surface area contributed by atoms with Crippen LogP contribution in [0.15, 0.2) is 65.6 Å². The lowest BCUT2D eigenvalue weighted by atomic mass is 10.1. The Labute approximate surface area is 277 Å². The summed E-state index contributed by atoms with van der Waals surface area (Å²) in [7, 11) is 2.75. The van der Waals surface area contributed by atoms with E-state index in [0.717, 1.165) is 4.31 Å². The quantitative estimate of drug-likeness (QED) is 0.218. The number of rotatable bonds is 17. The minimum absolute atomic E-state index is 0.0158. The number of ether oxygens (including phenoxy) is 5. The summed E-state index contributed by atoms with van der Waals surface area (Å²) in [5, 5.41) is 2.97. The van der Waals surface area contributed by atoms with Crippen molar-refractivity contribution in [3.63, 3.8) is 0 Å². The third-order valence-electron chi connectivity index (χ3n) is 7.75. The summed E-state index contributed by atoms with van der Waals surface area (Å²) in [4.78, 5) is 29.3. The van der Waals surface area contributed by atoms with Crippen molar-refractivity contribution in [1.82, 2.24) is 10.2 Å². The minimum atomic E-state index is -4.46. The standard InChI is InChI=1S/C34H45N3O9S/c1-9-23(3)35-34(39)28(10-2)36(21-24-12-11-13-25(18-24)42-4)33(38)22-37(29-19-26(43-5)14-16-30(29)44-6)47(40,41)27-15-17-31(45-7)32(20-27)46-8/h11-20,23,28H,9-10,21-22H2,1-8H3,(H,35,39)/t23-,28-/m0/s1. The van der Waals surface area contributed by atoms with E-state index in [1.54, 1.807) is 37.3 Å². The topological polar surface area (TPSA) is 133 Å². The minimum Gasteiger partial charge on any atom is -0.497 e. The Morgan fingerprint density at radius 2 is 1.40 bits per heavy atom. The van der Waals surface area contributed by atoms with E-state index in [1.807, 2.05) is 19.9 Å². The number of sulfonamides is 1. The molecule has 0 saturated carbocycles. The Hall–Kier alpha value is -4.65. The molecule has 13 heteroatoms. The maximum Gasteiger partial charge on any atom is 0.265 e. The van der Waals surface area contributed by atoms with Gasteiger partial charge < -0.3 is 33.9 Å². The number of anilines is 1. The number of hydrogen-bond donors (Lipinski definition) is 1. The number of amides is 2. The maximum atomic E-state index is 14.5. The summed E-state index contributed by atoms with van der Waals surface area (Å²) < 4.78 is 57.0. The number of nitrogens with one attached hydrogen (secondary N) is 1. The summed E-state index contributed by atoms with van der Waals surface area (Å²) in [5.74, 6) is 0.655. The van der Waals surface area contributed by atoms with E-state index in [1.165, 1.54) is 64.7 Å². The zero-order chi connectivity index (χ0) is 34.7. The molecule has 47 heavy (non-hydrogen) atoms. The molecule has 0 radical (unpaired) electrons. The van der Waals surface area contributed by atoms with Crippen molar-refractivity contribution >= 4 is 27.5 Å². The molecule has 1 N–H and O–H groups in total. The van der Waals surface area contributed by atoms with Gasteiger partial charge in [-0.25, -0.2) is 8.42 Å². The highest BCUT2D eigenvalue weighted by atomic mass is 32.2. The zero-order valence-corrected chi connectivity index (χ0v) is 29.1. The SMILES string of the molecule is CC[C@H](C)NC(=O)[C@H](CC)N(Cc1cccc(OC)c1)C(=O)CN(c1cc(OC)ccc1OC)S(=O)(=O)c1ccc(OC)c(OC)c1. The molecule has 3 rings (SSSR count). The number of nitrogens with zero attached hydrogens (tertiary/aromatic N) is 2. The van der Waals surface area contributed by atoms with Gasteiger partial charge in [-0.2, -0.15) is 0 Å². The number of carbonyl (C=O) groups is 2. The molecule has 0 heterocycles. The lowest BCUT2D eigenvalue weighted by Crippen LogP contribution is -2.53. The van der Waals surface area contributed by atoms with Crippen molar-refractivity contribution in [2.45, 2.75) is 57.1 Å². The number of methoxy groups -OCH3 is 5. The Kier molecular flexibility index (Phi) is 13.1. The van der Waals surface area contributed by atoms with Crippen molar-refractivity contribution in [3.8, 4) is 28.7 Å². The van der Waals surface area contributed by atoms with E-state index >= 15 is 0 Å². The maximum absolute atomic E-state index is 14.5. The molecule has 0 aliphatic rings. The molecule has 0 aliphatic heterocycles. The van der Waals surface area contributed by atoms with Gasteiger partial charge in [0.15, 0.2) is 11.5 Å². The van der Waals surface area contributed by atoms with Crippen LogP contribution < -0.4 is 33.3 Å². The summed E-state index contributed by atoms with van der Waals surface area (Å²) in [6, 6.07) is 14.9. The molecule has 0 aromatic heterocycles. The number of hydrogen-bond acceptors (Lipinski definition) is 9. The van der Waals surface area contributed by atoms with E-state index < -0.39 is 28.5 Å². The molecular weight excluding hydrogens is 626 g/mol. The van der Waals surface area contributed by atoms with Crippen LogP contribution in [0.1, 0.15) is 39.2 Å². The Bertz CT molecular complexity index is 1630. The predicted molar refractivity (Wildman–Crippen MR) is 179 cm³/mol. The Morgan fingerprint density at radius 3 is 2.00 bits per heavy atom. The molecule has 0 bridgehead atoms. The molecule has 2 amide bonds. The van der Waals surface area contributed by atoms with Gasteiger partial charge in [0, 0.05) is 24.7 Å². The summed E-state index contributed by atoms with van der Waals surface area (Å²) >= 11 is 0. The molecule has 0 saturated heterocycles. The monoisotopic (exact) mass is 671 g/mol. The van der Waals surface area contributed by atoms with Crippen LogP contribution in [0.25, 0.3) is 0 Å². The second-order valence-electron chi connectivity index (χ2n) is 10.7. The van der Waals surface area contributed by atoms with Gasteiger partial charge in [0.25, 0.3) is 10.0 Å². The lowest BCUT2D eigenvalue weighted by Gasteiger charge is -2.34. The van der Waals surface area contributed by atoms with Gasteiger partial charge in [-0.3, -0.25) is 13.9 Å². The predicted octanol–water partition coefficient (Wildman–Crippen LogP) is 4.65. The fourth-order valence-corrected chi connectivity index (χ4v) is 6.37. The first kappa shape index (κ1) is 36.8. The molecule has 12 nitrogen and oxygen atoms in total. The highest BCUT2D eigenvalue weighted by molar-refractivity contribution is 7.92. The van der Waals surface area contributed by atoms with Gasteiger partial charge in [0.1, 0.15) is 29.8 Å². The smallest absolute Gasteiger partial charge is 0.265 e. The highest BCUT2D eigenvalue weighted by Gasteiger charge is 2.35. The van der Waals surface area contributed by atoms with E-state index in [9.17, 15) is 18.0 Å². The summed E-state index contributed by atoms with van der Waals surface area (Å²) in [6.07, 6.45) is 0.974. The molecule has 2 atom stereocenters. The first-order valence-corrected chi connectivity index (χ1v) is 16.6. The second-order valence-corrected chi connectivity index (χ2v) is 12.5. The molecule has 0 spiro atoms. The van der Waals surface area contributed by atoms with Crippen molar-refractivity contribution in [2.75, 3.05) is 46.4 Å². The normalized spacial score (nSPS) is 12.3. The fraction of sp³-hybridized carbons (Fsp3) is 0.412. The molecule has 256 valence electrons. The van der Waals surface area contributed by atoms with Crippen molar-refractivity contribution in [3.05, 3.63) is 66.2 Å². The van der Waals surface area contributed by atoms with Crippen molar-refractivity contribution < 1.29 is 41.7 Å². The van der Waals surface area contributed by atoms with E-state index in [2.05, 4.69) is 5.32 Å². The number of benzene rings is 3. The van der Waals surface area contributed by atoms with Crippen LogP contribution in [0.3, 0.4) is 0 Å². The van der Waals surface area contributed by atoms with Crippen LogP contribution in [-0.4, -0.2) is 79.3 Å². The molecule has 0 aliphatic carbocycles. The van der Waals surface area contributed by atoms with Crippen LogP contribution in [-0.2, 0) is 26.2 Å². The molecule has 0 fully saturated rings. The second kappa shape index (κ2) is 16.8. The van der Waals surface area contributed by atoms with Gasteiger partial charge >= 0.3 is 0 Å². The number of carbonyl (C=O) groups excluding carboxylic acids is 2. The van der Waals surface area contributed by atoms with Crippen molar-refractivity contribution in [1.29, 1.82) is 0 Å². The summed E-state index contributed by atoms with van der Waals surface area (Å²) in [6.45, 7) is 4.98. The Morgan fingerprint density at radius 1 is 0.766 bits per heavy atom. The molecule has 3 aromatic carbocycles. The van der Waals surface area contributed by atoms with E-state index in [0.29, 0.717) is 29.2 Å². The van der Waals surface area contributed by atoms with E-state index in [-0.39, 0.29) is 47.0 Å². The average Bonchev–Trinajstić information content (AvgIpc) is 3.09. The average molecular weight is 672 g/mol. The van der Waals surface area contributed by atoms with Crippen LogP contribution in [0.4, 0.5) is 5.69 Å². The first-order valence-electron chi connectivity index (χ1n) is 15.2. The first-order chi connectivity index (χ1) is 22.5. The van der Waals surface area contributed by atoms with Gasteiger partial charge in [-0.05, 0) is 61.7 Å². The van der Waals surface area contributed by atoms with E-state index in [4.69, 9.17) is 23.7 Å². The Balaban J connectivity index is 2.21. The van der Waals surface area contributed by atoms with Gasteiger partial charge in [0.2, 0.25) is 11.8 Å². The molecular formula is C34H45N3O9S. The fourth-order valence-electron chi connectivity index (χ4n) is 4.94. The highest BCUT2D eigenvalue weighted by Crippen LogP contribution is 2.38. The summed E-state index contributed by atoms with van der Waals surface area (Å²) in [5.41, 5.74) is 0.758. The van der Waals surface area contributed by atoms with Gasteiger partial charge in [-0.1, -0.05) is 26.0 Å². The van der Waals surface area contributed by atoms with Crippen LogP contribution in [0.5, 0.6) is 28.7 Å². The van der Waals surface area contributed by atoms with Crippen molar-refractivity contribution in [2.24, 2.45) is 0 Å². The third kappa shape index (κ3) is 8.79. The van der Waals surface area contributed by atoms with Crippen LogP contribution in [0.2, 0.25) is 0 Å². The third-order valence-corrected chi connectivity index (χ3v) is 9.51. The zero-order valence-electron chi connectivity index (χ0n) is 28.2. The largest absolute Gasteiger partial charge is 0.497 e. The van der Waals surface area contributed by atoms with Crippen LogP contribution >= 0.6 is 0 Å². The molecule has 0 unspecified atom stereocenters. The van der Waals surface area contributed by atoms with Crippen LogP contribution in [0, 0.1) is 0 Å². The van der Waals surface area contributed by atoms with Gasteiger partial charge in [0.05, 0.1) is 46.1 Å².